The number of hydrogen-bond acceptors (Lipinski definition) is 9. The number of primary amides is 1. The second-order valence-corrected chi connectivity index (χ2v) is 9.69. The number of carbonyl (C=O) groups excluding carboxylic acids is 5. The highest BCUT2D eigenvalue weighted by Crippen LogP contribution is 2.36. The van der Waals surface area contributed by atoms with Crippen LogP contribution in [-0.2, 0) is 25.3 Å². The van der Waals surface area contributed by atoms with Gasteiger partial charge >= 0.3 is 18.2 Å². The average molecular weight is 657 g/mol. The molecule has 0 radical (unpaired) electrons. The Kier molecular flexibility index (Phi) is 9.61. The molecule has 0 saturated heterocycles. The molecule has 1 atom stereocenters. The second kappa shape index (κ2) is 13.4. The summed E-state index contributed by atoms with van der Waals surface area (Å²) in [5.41, 5.74) is 2.36. The molecule has 0 saturated carbocycles. The molecule has 4 aromatic rings. The van der Waals surface area contributed by atoms with Crippen LogP contribution in [0.2, 0.25) is 5.02 Å². The van der Waals surface area contributed by atoms with Gasteiger partial charge in [-0.15, -0.1) is 0 Å². The molecule has 0 fully saturated rings. The van der Waals surface area contributed by atoms with Crippen LogP contribution in [0.3, 0.4) is 0 Å². The zero-order chi connectivity index (χ0) is 33.8. The second-order valence-electron chi connectivity index (χ2n) is 9.29. The number of nitrogens with zero attached hydrogens (tertiary/aromatic N) is 2. The number of anilines is 1. The molecule has 0 aliphatic carbocycles. The number of hydrogen-bond donors (Lipinski definition) is 4. The van der Waals surface area contributed by atoms with Crippen molar-refractivity contribution < 1.29 is 41.9 Å². The number of aromatic amines is 1. The number of alkyl halides is 3. The number of fused-ring (bicyclic) bond motifs is 1. The number of rotatable bonds is 9. The number of nitrogens with two attached hydrogens (primary N) is 1. The summed E-state index contributed by atoms with van der Waals surface area (Å²) in [6, 6.07) is 13.1. The van der Waals surface area contributed by atoms with Crippen molar-refractivity contribution in [1.82, 2.24) is 15.4 Å². The van der Waals surface area contributed by atoms with Gasteiger partial charge in [-0.05, 0) is 36.4 Å². The fourth-order valence-corrected chi connectivity index (χ4v) is 4.38. The molecule has 5 N–H and O–H groups in total. The van der Waals surface area contributed by atoms with Crippen LogP contribution in [0.5, 0.6) is 0 Å². The van der Waals surface area contributed by atoms with E-state index in [2.05, 4.69) is 19.8 Å². The van der Waals surface area contributed by atoms with Crippen LogP contribution in [0.4, 0.5) is 23.7 Å². The summed E-state index contributed by atoms with van der Waals surface area (Å²) in [6.45, 7) is 0. The van der Waals surface area contributed by atoms with E-state index in [1.54, 1.807) is 35.8 Å². The van der Waals surface area contributed by atoms with Crippen molar-refractivity contribution in [1.29, 1.82) is 0 Å². The molecule has 1 heterocycles. The molecular weight excluding hydrogens is 637 g/mol. The molecule has 0 bridgehead atoms. The number of ether oxygens (including phenoxy) is 1. The number of nitrogens with one attached hydrogen (secondary N) is 3. The van der Waals surface area contributed by atoms with E-state index < -0.39 is 74.8 Å². The highest BCUT2D eigenvalue weighted by atomic mass is 35.5. The first-order chi connectivity index (χ1) is 21.7. The molecular formula is C29H20ClF3N6O7. The van der Waals surface area contributed by atoms with E-state index in [0.717, 1.165) is 19.2 Å². The largest absolute Gasteiger partial charge is 0.464 e. The van der Waals surface area contributed by atoms with E-state index in [1.807, 2.05) is 5.32 Å². The molecule has 3 aromatic carbocycles. The summed E-state index contributed by atoms with van der Waals surface area (Å²) >= 11 is 5.61. The Morgan fingerprint density at radius 2 is 1.70 bits per heavy atom. The lowest BCUT2D eigenvalue weighted by Gasteiger charge is -2.17. The normalized spacial score (nSPS) is 12.2. The first kappa shape index (κ1) is 33.0. The van der Waals surface area contributed by atoms with Gasteiger partial charge in [-0.1, -0.05) is 41.9 Å². The molecule has 0 aliphatic rings. The van der Waals surface area contributed by atoms with E-state index >= 15 is 0 Å². The molecule has 0 spiro atoms. The van der Waals surface area contributed by atoms with Gasteiger partial charge in [0.15, 0.2) is 11.5 Å². The predicted molar refractivity (Wildman–Crippen MR) is 157 cm³/mol. The van der Waals surface area contributed by atoms with Gasteiger partial charge in [0.1, 0.15) is 11.6 Å². The standard InChI is InChI=1S/C29H20ClF3N6O7/c1-46-27(44)22(38-39-28(34)45)20(24(41)26(43)35-15-8-9-17(30)16(12-15)29(31,32)33)21-25(42)37-18-10-7-14(11-19(18)36-21)23(40)13-5-3-2-4-6-13/h2-12,20H,1H3,(H,35,43)(H,37,42)(H3,34,39,45). The fraction of sp³-hybridized carbons (Fsp3) is 0.103. The minimum absolute atomic E-state index is 0.0748. The Labute approximate surface area is 260 Å². The summed E-state index contributed by atoms with van der Waals surface area (Å²) < 4.78 is 44.7. The third-order valence-electron chi connectivity index (χ3n) is 6.26. The maximum Gasteiger partial charge on any atom is 0.417 e. The topological polar surface area (TPSA) is 203 Å². The van der Waals surface area contributed by atoms with Crippen molar-refractivity contribution >= 4 is 63.5 Å². The van der Waals surface area contributed by atoms with Crippen molar-refractivity contribution in [2.24, 2.45) is 10.8 Å². The smallest absolute Gasteiger partial charge is 0.417 e. The van der Waals surface area contributed by atoms with E-state index in [-0.39, 0.29) is 16.6 Å². The Hall–Kier alpha value is -5.90. The molecule has 46 heavy (non-hydrogen) atoms. The van der Waals surface area contributed by atoms with E-state index in [1.165, 1.54) is 18.2 Å². The molecule has 236 valence electrons. The number of Topliss-reactive ketones (excluding diaryl/α,β-unsaturated/α-hetero) is 1. The van der Waals surface area contributed by atoms with Gasteiger partial charge in [-0.3, -0.25) is 19.2 Å². The van der Waals surface area contributed by atoms with Crippen molar-refractivity contribution in [2.45, 2.75) is 12.1 Å². The van der Waals surface area contributed by atoms with Gasteiger partial charge in [0.05, 0.1) is 28.7 Å². The Bertz CT molecular complexity index is 1980. The number of hydrazone groups is 1. The first-order valence-electron chi connectivity index (χ1n) is 12.8. The fourth-order valence-electron chi connectivity index (χ4n) is 4.16. The molecule has 3 amide bonds. The number of carbonyl (C=O) groups is 5. The first-order valence-corrected chi connectivity index (χ1v) is 13.2. The number of H-pyrrole nitrogens is 1. The number of urea groups is 1. The summed E-state index contributed by atoms with van der Waals surface area (Å²) in [4.78, 5) is 83.7. The molecule has 17 heteroatoms. The lowest BCUT2D eigenvalue weighted by molar-refractivity contribution is -0.137. The van der Waals surface area contributed by atoms with Crippen LogP contribution >= 0.6 is 11.6 Å². The van der Waals surface area contributed by atoms with E-state index in [4.69, 9.17) is 17.3 Å². The maximum absolute atomic E-state index is 13.6. The van der Waals surface area contributed by atoms with Gasteiger partial charge in [0, 0.05) is 16.8 Å². The highest BCUT2D eigenvalue weighted by Gasteiger charge is 2.40. The third kappa shape index (κ3) is 7.24. The van der Waals surface area contributed by atoms with Crippen molar-refractivity contribution in [3.8, 4) is 0 Å². The molecule has 13 nitrogen and oxygen atoms in total. The number of esters is 1. The lowest BCUT2D eigenvalue weighted by Crippen LogP contribution is -2.41. The molecule has 1 aromatic heterocycles. The number of methoxy groups -OCH3 is 1. The van der Waals surface area contributed by atoms with Gasteiger partial charge < -0.3 is 20.8 Å². The van der Waals surface area contributed by atoms with Gasteiger partial charge in [0.25, 0.3) is 11.5 Å². The lowest BCUT2D eigenvalue weighted by atomic mass is 9.93. The summed E-state index contributed by atoms with van der Waals surface area (Å²) in [5, 5.41) is 4.72. The minimum Gasteiger partial charge on any atom is -0.464 e. The van der Waals surface area contributed by atoms with Crippen molar-refractivity contribution in [2.75, 3.05) is 12.4 Å². The SMILES string of the molecule is COC(=O)C(=NNC(N)=O)C(C(=O)C(=O)Nc1ccc(Cl)c(C(F)(F)F)c1)c1nc2cc(C(=O)c3ccccc3)ccc2[nH]c1=O. The number of ketones is 2. The predicted octanol–water partition coefficient (Wildman–Crippen LogP) is 3.32. The Balaban J connectivity index is 1.85. The summed E-state index contributed by atoms with van der Waals surface area (Å²) in [7, 11) is 0.857. The maximum atomic E-state index is 13.6. The van der Waals surface area contributed by atoms with Crippen LogP contribution in [0.15, 0.2) is 76.6 Å². The van der Waals surface area contributed by atoms with Crippen molar-refractivity contribution in [3.05, 3.63) is 104 Å². The summed E-state index contributed by atoms with van der Waals surface area (Å²) in [5.74, 6) is -7.40. The number of halogens is 4. The van der Waals surface area contributed by atoms with Crippen molar-refractivity contribution in [3.63, 3.8) is 0 Å². The van der Waals surface area contributed by atoms with Gasteiger partial charge in [0.2, 0.25) is 5.78 Å². The van der Waals surface area contributed by atoms with Gasteiger partial charge in [-0.25, -0.2) is 20.0 Å². The van der Waals surface area contributed by atoms with E-state index in [9.17, 15) is 41.9 Å². The third-order valence-corrected chi connectivity index (χ3v) is 6.59. The Morgan fingerprint density at radius 3 is 2.33 bits per heavy atom. The van der Waals surface area contributed by atoms with Gasteiger partial charge in [-0.2, -0.15) is 18.3 Å². The zero-order valence-corrected chi connectivity index (χ0v) is 24.0. The number of benzene rings is 3. The Morgan fingerprint density at radius 1 is 1.00 bits per heavy atom. The van der Waals surface area contributed by atoms with E-state index in [0.29, 0.717) is 11.6 Å². The minimum atomic E-state index is -4.92. The van der Waals surface area contributed by atoms with Crippen LogP contribution in [0, 0.1) is 0 Å². The zero-order valence-electron chi connectivity index (χ0n) is 23.3. The highest BCUT2D eigenvalue weighted by molar-refractivity contribution is 6.53. The summed E-state index contributed by atoms with van der Waals surface area (Å²) in [6.07, 6.45) is -4.92. The monoisotopic (exact) mass is 656 g/mol. The van der Waals surface area contributed by atoms with Crippen LogP contribution in [0.25, 0.3) is 11.0 Å². The van der Waals surface area contributed by atoms with Crippen LogP contribution < -0.4 is 22.0 Å². The molecule has 0 aliphatic heterocycles. The van der Waals surface area contributed by atoms with Crippen LogP contribution in [-0.4, -0.2) is 52.3 Å². The number of amides is 3. The molecule has 1 unspecified atom stereocenters. The average Bonchev–Trinajstić information content (AvgIpc) is 3.02. The number of aromatic nitrogens is 2. The molecule has 4 rings (SSSR count). The quantitative estimate of drug-likeness (QED) is 0.0690. The van der Waals surface area contributed by atoms with Crippen LogP contribution in [0.1, 0.15) is 33.1 Å².